The fraction of sp³-hybridized carbons (Fsp3) is 0.118. The van der Waals surface area contributed by atoms with E-state index in [1.807, 2.05) is 24.3 Å². The van der Waals surface area contributed by atoms with Crippen LogP contribution in [-0.2, 0) is 9.59 Å². The SMILES string of the molecule is CC(=O)N(CC(=O)Nc1ccccc1)c1cccc(C#N)c1. The lowest BCUT2D eigenvalue weighted by molar-refractivity contribution is -0.120. The van der Waals surface area contributed by atoms with Crippen molar-refractivity contribution < 1.29 is 9.59 Å². The van der Waals surface area contributed by atoms with Crippen LogP contribution in [0.3, 0.4) is 0 Å². The Morgan fingerprint density at radius 1 is 1.14 bits per heavy atom. The Balaban J connectivity index is 2.13. The van der Waals surface area contributed by atoms with E-state index in [1.54, 1.807) is 36.4 Å². The van der Waals surface area contributed by atoms with Gasteiger partial charge in [0.25, 0.3) is 0 Å². The Bertz CT molecular complexity index is 720. The molecule has 0 spiro atoms. The molecule has 5 heteroatoms. The molecule has 2 aromatic carbocycles. The predicted octanol–water partition coefficient (Wildman–Crippen LogP) is 2.55. The molecule has 0 fully saturated rings. The van der Waals surface area contributed by atoms with E-state index in [-0.39, 0.29) is 18.4 Å². The number of para-hydroxylation sites is 1. The number of carbonyl (C=O) groups is 2. The zero-order valence-corrected chi connectivity index (χ0v) is 12.1. The third kappa shape index (κ3) is 3.93. The molecule has 0 bridgehead atoms. The summed E-state index contributed by atoms with van der Waals surface area (Å²) in [4.78, 5) is 25.2. The van der Waals surface area contributed by atoms with Gasteiger partial charge in [0.15, 0.2) is 0 Å². The number of nitrogens with one attached hydrogen (secondary N) is 1. The lowest BCUT2D eigenvalue weighted by Crippen LogP contribution is -2.36. The number of rotatable bonds is 4. The Hall–Kier alpha value is -3.13. The number of nitriles is 1. The Morgan fingerprint density at radius 2 is 1.86 bits per heavy atom. The van der Waals surface area contributed by atoms with Crippen molar-refractivity contribution in [3.05, 3.63) is 60.2 Å². The molecule has 0 saturated heterocycles. The Morgan fingerprint density at radius 3 is 2.50 bits per heavy atom. The van der Waals surface area contributed by atoms with Crippen LogP contribution in [-0.4, -0.2) is 18.4 Å². The third-order valence-electron chi connectivity index (χ3n) is 3.03. The number of nitrogens with zero attached hydrogens (tertiary/aromatic N) is 2. The van der Waals surface area contributed by atoms with E-state index in [1.165, 1.54) is 11.8 Å². The summed E-state index contributed by atoms with van der Waals surface area (Å²) in [6, 6.07) is 17.6. The van der Waals surface area contributed by atoms with E-state index in [9.17, 15) is 9.59 Å². The largest absolute Gasteiger partial charge is 0.325 e. The molecule has 1 N–H and O–H groups in total. The van der Waals surface area contributed by atoms with Gasteiger partial charge >= 0.3 is 0 Å². The fourth-order valence-electron chi connectivity index (χ4n) is 1.99. The third-order valence-corrected chi connectivity index (χ3v) is 3.03. The summed E-state index contributed by atoms with van der Waals surface area (Å²) in [5.41, 5.74) is 1.63. The number of carbonyl (C=O) groups excluding carboxylic acids is 2. The lowest BCUT2D eigenvalue weighted by Gasteiger charge is -2.20. The molecule has 2 amide bonds. The summed E-state index contributed by atoms with van der Waals surface area (Å²) in [6.45, 7) is 1.27. The van der Waals surface area contributed by atoms with Crippen molar-refractivity contribution >= 4 is 23.2 Å². The minimum atomic E-state index is -0.302. The second-order valence-corrected chi connectivity index (χ2v) is 4.68. The molecular weight excluding hydrogens is 278 g/mol. The highest BCUT2D eigenvalue weighted by molar-refractivity contribution is 6.01. The lowest BCUT2D eigenvalue weighted by atomic mass is 10.2. The Kier molecular flexibility index (Phi) is 4.89. The van der Waals surface area contributed by atoms with Gasteiger partial charge in [-0.05, 0) is 30.3 Å². The summed E-state index contributed by atoms with van der Waals surface area (Å²) in [7, 11) is 0. The second-order valence-electron chi connectivity index (χ2n) is 4.68. The second kappa shape index (κ2) is 7.04. The van der Waals surface area contributed by atoms with E-state index < -0.39 is 0 Å². The number of hydrogen-bond donors (Lipinski definition) is 1. The molecule has 0 saturated carbocycles. The first-order chi connectivity index (χ1) is 10.6. The van der Waals surface area contributed by atoms with Crippen LogP contribution >= 0.6 is 0 Å². The first kappa shape index (κ1) is 15.3. The molecule has 22 heavy (non-hydrogen) atoms. The molecule has 2 rings (SSSR count). The molecule has 0 aliphatic rings. The standard InChI is InChI=1S/C17H15N3O2/c1-13(21)20(16-9-5-6-14(10-16)11-18)12-17(22)19-15-7-3-2-4-8-15/h2-10H,12H2,1H3,(H,19,22). The van der Waals surface area contributed by atoms with Crippen molar-refractivity contribution in [2.75, 3.05) is 16.8 Å². The predicted molar refractivity (Wildman–Crippen MR) is 84.3 cm³/mol. The summed E-state index contributed by atoms with van der Waals surface area (Å²) in [5.74, 6) is -0.568. The van der Waals surface area contributed by atoms with Gasteiger partial charge in [-0.1, -0.05) is 24.3 Å². The van der Waals surface area contributed by atoms with Gasteiger partial charge < -0.3 is 10.2 Å². The van der Waals surface area contributed by atoms with Gasteiger partial charge in [0.2, 0.25) is 11.8 Å². The van der Waals surface area contributed by atoms with Gasteiger partial charge in [0, 0.05) is 18.3 Å². The molecule has 2 aromatic rings. The summed E-state index contributed by atoms with van der Waals surface area (Å²) in [6.07, 6.45) is 0. The molecule has 0 heterocycles. The summed E-state index contributed by atoms with van der Waals surface area (Å²) in [5, 5.41) is 11.7. The molecule has 0 aliphatic carbocycles. The van der Waals surface area contributed by atoms with E-state index in [2.05, 4.69) is 5.32 Å². The highest BCUT2D eigenvalue weighted by atomic mass is 16.2. The van der Waals surface area contributed by atoms with Crippen molar-refractivity contribution in [2.24, 2.45) is 0 Å². The molecule has 0 unspecified atom stereocenters. The smallest absolute Gasteiger partial charge is 0.244 e. The molecule has 0 radical (unpaired) electrons. The molecule has 0 aromatic heterocycles. The number of benzene rings is 2. The number of anilines is 2. The van der Waals surface area contributed by atoms with Crippen LogP contribution in [0, 0.1) is 11.3 Å². The van der Waals surface area contributed by atoms with Gasteiger partial charge in [-0.25, -0.2) is 0 Å². The molecular formula is C17H15N3O2. The first-order valence-corrected chi connectivity index (χ1v) is 6.73. The van der Waals surface area contributed by atoms with Crippen LogP contribution in [0.5, 0.6) is 0 Å². The van der Waals surface area contributed by atoms with Crippen LogP contribution in [0.4, 0.5) is 11.4 Å². The molecule has 0 atom stereocenters. The highest BCUT2D eigenvalue weighted by Gasteiger charge is 2.16. The maximum atomic E-state index is 12.1. The van der Waals surface area contributed by atoms with E-state index in [0.717, 1.165) is 0 Å². The minimum Gasteiger partial charge on any atom is -0.325 e. The highest BCUT2D eigenvalue weighted by Crippen LogP contribution is 2.16. The molecule has 110 valence electrons. The van der Waals surface area contributed by atoms with Crippen LogP contribution in [0.2, 0.25) is 0 Å². The average molecular weight is 293 g/mol. The topological polar surface area (TPSA) is 73.2 Å². The molecule has 0 aliphatic heterocycles. The first-order valence-electron chi connectivity index (χ1n) is 6.73. The van der Waals surface area contributed by atoms with Gasteiger partial charge in [0.05, 0.1) is 11.6 Å². The zero-order chi connectivity index (χ0) is 15.9. The summed E-state index contributed by atoms with van der Waals surface area (Å²) >= 11 is 0. The van der Waals surface area contributed by atoms with Crippen molar-refractivity contribution in [3.8, 4) is 6.07 Å². The molecule has 5 nitrogen and oxygen atoms in total. The van der Waals surface area contributed by atoms with Gasteiger partial charge in [-0.15, -0.1) is 0 Å². The van der Waals surface area contributed by atoms with Crippen LogP contribution in [0.1, 0.15) is 12.5 Å². The quantitative estimate of drug-likeness (QED) is 0.941. The van der Waals surface area contributed by atoms with Crippen LogP contribution in [0.25, 0.3) is 0 Å². The van der Waals surface area contributed by atoms with Crippen molar-refractivity contribution in [2.45, 2.75) is 6.92 Å². The number of hydrogen-bond acceptors (Lipinski definition) is 3. The monoisotopic (exact) mass is 293 g/mol. The maximum Gasteiger partial charge on any atom is 0.244 e. The maximum absolute atomic E-state index is 12.1. The minimum absolute atomic E-state index is 0.112. The zero-order valence-electron chi connectivity index (χ0n) is 12.1. The van der Waals surface area contributed by atoms with Crippen molar-refractivity contribution in [3.63, 3.8) is 0 Å². The van der Waals surface area contributed by atoms with Crippen LogP contribution in [0.15, 0.2) is 54.6 Å². The van der Waals surface area contributed by atoms with Gasteiger partial charge in [-0.3, -0.25) is 9.59 Å². The fourth-order valence-corrected chi connectivity index (χ4v) is 1.99. The van der Waals surface area contributed by atoms with E-state index >= 15 is 0 Å². The van der Waals surface area contributed by atoms with Gasteiger partial charge in [0.1, 0.15) is 6.54 Å². The Labute approximate surface area is 128 Å². The average Bonchev–Trinajstić information content (AvgIpc) is 2.53. The normalized spacial score (nSPS) is 9.64. The van der Waals surface area contributed by atoms with Crippen molar-refractivity contribution in [1.82, 2.24) is 0 Å². The van der Waals surface area contributed by atoms with E-state index in [0.29, 0.717) is 16.9 Å². The van der Waals surface area contributed by atoms with Crippen molar-refractivity contribution in [1.29, 1.82) is 5.26 Å². The number of amides is 2. The van der Waals surface area contributed by atoms with E-state index in [4.69, 9.17) is 5.26 Å². The van der Waals surface area contributed by atoms with Crippen LogP contribution < -0.4 is 10.2 Å². The van der Waals surface area contributed by atoms with Gasteiger partial charge in [-0.2, -0.15) is 5.26 Å². The summed E-state index contributed by atoms with van der Waals surface area (Å²) < 4.78 is 0.